The molecule has 2 aromatic carbocycles. The summed E-state index contributed by atoms with van der Waals surface area (Å²) < 4.78 is 25.0. The van der Waals surface area contributed by atoms with Crippen LogP contribution in [0.1, 0.15) is 36.3 Å². The number of Topliss-reactive ketones (excluding diaryl/α,β-unsaturated/α-hetero) is 1. The summed E-state index contributed by atoms with van der Waals surface area (Å²) in [5.41, 5.74) is 7.65. The summed E-state index contributed by atoms with van der Waals surface area (Å²) in [5, 5.41) is 9.92. The van der Waals surface area contributed by atoms with Gasteiger partial charge in [0.05, 0.1) is 10.9 Å². The molecule has 2 aliphatic rings. The third-order valence-corrected chi connectivity index (χ3v) is 5.53. The summed E-state index contributed by atoms with van der Waals surface area (Å²) in [6.07, 6.45) is 1.67. The van der Waals surface area contributed by atoms with Gasteiger partial charge < -0.3 is 15.2 Å². The number of carbonyl (C=O) groups is 1. The zero-order valence-corrected chi connectivity index (χ0v) is 16.7. The first-order valence-corrected chi connectivity index (χ1v) is 9.87. The van der Waals surface area contributed by atoms with Crippen molar-refractivity contribution in [1.29, 1.82) is 5.26 Å². The molecule has 1 atom stereocenters. The Morgan fingerprint density at radius 3 is 2.80 bits per heavy atom. The van der Waals surface area contributed by atoms with Crippen LogP contribution in [-0.4, -0.2) is 5.78 Å². The van der Waals surface area contributed by atoms with E-state index in [-0.39, 0.29) is 34.7 Å². The van der Waals surface area contributed by atoms with Crippen molar-refractivity contribution in [3.8, 4) is 11.8 Å². The van der Waals surface area contributed by atoms with Gasteiger partial charge in [-0.05, 0) is 30.2 Å². The Hall–Kier alpha value is -3.30. The van der Waals surface area contributed by atoms with Crippen LogP contribution in [0, 0.1) is 17.1 Å². The predicted molar refractivity (Wildman–Crippen MR) is 109 cm³/mol. The van der Waals surface area contributed by atoms with Gasteiger partial charge in [-0.25, -0.2) is 4.39 Å². The number of nitriles is 1. The Kier molecular flexibility index (Phi) is 5.47. The first kappa shape index (κ1) is 20.0. The maximum absolute atomic E-state index is 13.8. The summed E-state index contributed by atoms with van der Waals surface area (Å²) in [5.74, 6) is -0.157. The summed E-state index contributed by atoms with van der Waals surface area (Å²) in [4.78, 5) is 12.6. The number of rotatable bonds is 4. The second kappa shape index (κ2) is 8.21. The van der Waals surface area contributed by atoms with Crippen LogP contribution in [0.25, 0.3) is 0 Å². The molecule has 152 valence electrons. The third kappa shape index (κ3) is 3.64. The molecule has 1 aliphatic carbocycles. The van der Waals surface area contributed by atoms with Crippen LogP contribution in [-0.2, 0) is 16.1 Å². The lowest BCUT2D eigenvalue weighted by Gasteiger charge is -2.31. The van der Waals surface area contributed by atoms with Crippen LogP contribution in [0.5, 0.6) is 5.75 Å². The fourth-order valence-corrected chi connectivity index (χ4v) is 4.02. The monoisotopic (exact) mass is 424 g/mol. The largest absolute Gasteiger partial charge is 0.487 e. The third-order valence-electron chi connectivity index (χ3n) is 5.24. The van der Waals surface area contributed by atoms with Crippen molar-refractivity contribution in [2.75, 3.05) is 0 Å². The van der Waals surface area contributed by atoms with E-state index < -0.39 is 5.92 Å². The zero-order valence-electron chi connectivity index (χ0n) is 16.0. The lowest BCUT2D eigenvalue weighted by Crippen LogP contribution is -2.27. The van der Waals surface area contributed by atoms with E-state index in [0.717, 1.165) is 0 Å². The number of carbonyl (C=O) groups excluding carboxylic acids is 1. The molecule has 1 heterocycles. The number of ketones is 1. The van der Waals surface area contributed by atoms with Crippen molar-refractivity contribution >= 4 is 17.4 Å². The molecule has 2 aromatic rings. The van der Waals surface area contributed by atoms with Crippen molar-refractivity contribution in [3.63, 3.8) is 0 Å². The predicted octanol–water partition coefficient (Wildman–Crippen LogP) is 4.87. The summed E-state index contributed by atoms with van der Waals surface area (Å²) in [6.45, 7) is 0.0209. The molecular formula is C23H18ClFN2O3. The molecule has 1 unspecified atom stereocenters. The summed E-state index contributed by atoms with van der Waals surface area (Å²) >= 11 is 6.41. The van der Waals surface area contributed by atoms with E-state index in [0.29, 0.717) is 47.5 Å². The highest BCUT2D eigenvalue weighted by molar-refractivity contribution is 6.32. The van der Waals surface area contributed by atoms with Gasteiger partial charge in [0.1, 0.15) is 35.6 Å². The number of hydrogen-bond donors (Lipinski definition) is 1. The van der Waals surface area contributed by atoms with E-state index in [4.69, 9.17) is 26.8 Å². The minimum Gasteiger partial charge on any atom is -0.487 e. The lowest BCUT2D eigenvalue weighted by molar-refractivity contribution is -0.116. The van der Waals surface area contributed by atoms with E-state index >= 15 is 0 Å². The second-order valence-corrected chi connectivity index (χ2v) is 7.52. The fourth-order valence-electron chi connectivity index (χ4n) is 3.77. The number of allylic oxidation sites excluding steroid dienone is 3. The molecule has 1 aliphatic heterocycles. The number of halogens is 2. The zero-order chi connectivity index (χ0) is 21.3. The van der Waals surface area contributed by atoms with Crippen LogP contribution < -0.4 is 10.5 Å². The molecule has 0 aromatic heterocycles. The number of hydrogen-bond acceptors (Lipinski definition) is 5. The molecule has 0 saturated carbocycles. The van der Waals surface area contributed by atoms with Crippen molar-refractivity contribution in [2.45, 2.75) is 31.8 Å². The number of nitrogens with zero attached hydrogens (tertiary/aromatic N) is 1. The fraction of sp³-hybridized carbons (Fsp3) is 0.217. The van der Waals surface area contributed by atoms with Crippen molar-refractivity contribution in [2.24, 2.45) is 5.73 Å². The number of ether oxygens (including phenoxy) is 2. The Balaban J connectivity index is 1.66. The minimum absolute atomic E-state index is 0.00644. The van der Waals surface area contributed by atoms with Crippen LogP contribution in [0.2, 0.25) is 5.02 Å². The highest BCUT2D eigenvalue weighted by Gasteiger charge is 2.38. The van der Waals surface area contributed by atoms with Crippen LogP contribution in [0.4, 0.5) is 4.39 Å². The normalized spacial score (nSPS) is 18.6. The molecule has 4 rings (SSSR count). The first-order chi connectivity index (χ1) is 14.5. The van der Waals surface area contributed by atoms with Gasteiger partial charge in [-0.15, -0.1) is 0 Å². The number of nitrogens with two attached hydrogens (primary N) is 1. The molecule has 0 saturated heterocycles. The molecule has 0 radical (unpaired) electrons. The van der Waals surface area contributed by atoms with Gasteiger partial charge >= 0.3 is 0 Å². The van der Waals surface area contributed by atoms with Gasteiger partial charge in [-0.3, -0.25) is 4.79 Å². The maximum Gasteiger partial charge on any atom is 0.205 e. The van der Waals surface area contributed by atoms with E-state index in [2.05, 4.69) is 6.07 Å². The smallest absolute Gasteiger partial charge is 0.205 e. The van der Waals surface area contributed by atoms with Gasteiger partial charge in [0.15, 0.2) is 5.78 Å². The number of benzene rings is 2. The highest BCUT2D eigenvalue weighted by atomic mass is 35.5. The van der Waals surface area contributed by atoms with Crippen LogP contribution in [0.3, 0.4) is 0 Å². The van der Waals surface area contributed by atoms with Crippen LogP contribution in [0.15, 0.2) is 65.3 Å². The molecule has 0 fully saturated rings. The minimum atomic E-state index is -0.635. The maximum atomic E-state index is 13.8. The Bertz CT molecular complexity index is 1130. The van der Waals surface area contributed by atoms with Crippen LogP contribution >= 0.6 is 11.6 Å². The molecule has 2 N–H and O–H groups in total. The standard InChI is InChI=1S/C23H18ClFN2O3/c24-16-10-13(8-9-19(16)29-12-14-4-1-2-5-17(14)25)21-15(11-26)23(27)30-20-7-3-6-18(28)22(20)21/h1-2,4-5,8-10,21H,3,6-7,12,27H2. The van der Waals surface area contributed by atoms with Gasteiger partial charge in [0.25, 0.3) is 0 Å². The molecule has 30 heavy (non-hydrogen) atoms. The lowest BCUT2D eigenvalue weighted by atomic mass is 9.77. The molecule has 7 heteroatoms. The van der Waals surface area contributed by atoms with E-state index in [1.807, 2.05) is 0 Å². The molecule has 5 nitrogen and oxygen atoms in total. The quantitative estimate of drug-likeness (QED) is 0.756. The van der Waals surface area contributed by atoms with Gasteiger partial charge in [-0.2, -0.15) is 5.26 Å². The van der Waals surface area contributed by atoms with E-state index in [9.17, 15) is 14.4 Å². The van der Waals surface area contributed by atoms with Gasteiger partial charge in [-0.1, -0.05) is 35.9 Å². The van der Waals surface area contributed by atoms with Crippen molar-refractivity contribution < 1.29 is 18.7 Å². The average molecular weight is 425 g/mol. The Morgan fingerprint density at radius 2 is 2.07 bits per heavy atom. The van der Waals surface area contributed by atoms with Gasteiger partial charge in [0.2, 0.25) is 5.88 Å². The molecular weight excluding hydrogens is 407 g/mol. The molecule has 0 spiro atoms. The van der Waals surface area contributed by atoms with Crippen molar-refractivity contribution in [3.05, 3.63) is 87.2 Å². The SMILES string of the molecule is N#CC1=C(N)OC2=C(C(=O)CCC2)C1c1ccc(OCc2ccccc2F)c(Cl)c1. The van der Waals surface area contributed by atoms with E-state index in [1.54, 1.807) is 36.4 Å². The molecule has 0 bridgehead atoms. The Morgan fingerprint density at radius 1 is 1.27 bits per heavy atom. The summed E-state index contributed by atoms with van der Waals surface area (Å²) in [6, 6.07) is 13.4. The Labute approximate surface area is 178 Å². The van der Waals surface area contributed by atoms with Gasteiger partial charge in [0, 0.05) is 24.0 Å². The van der Waals surface area contributed by atoms with Crippen molar-refractivity contribution in [1.82, 2.24) is 0 Å². The highest BCUT2D eigenvalue weighted by Crippen LogP contribution is 2.44. The second-order valence-electron chi connectivity index (χ2n) is 7.11. The topological polar surface area (TPSA) is 85.3 Å². The average Bonchev–Trinajstić information content (AvgIpc) is 2.73. The van der Waals surface area contributed by atoms with E-state index in [1.165, 1.54) is 6.07 Å². The first-order valence-electron chi connectivity index (χ1n) is 9.49. The molecule has 0 amide bonds. The summed E-state index contributed by atoms with van der Waals surface area (Å²) in [7, 11) is 0.